The molecule has 1 aromatic heterocycles. The highest BCUT2D eigenvalue weighted by molar-refractivity contribution is 6.07. The van der Waals surface area contributed by atoms with Crippen molar-refractivity contribution >= 4 is 29.7 Å². The van der Waals surface area contributed by atoms with Crippen LogP contribution >= 0.6 is 0 Å². The normalized spacial score (nSPS) is 10.5. The van der Waals surface area contributed by atoms with Crippen LogP contribution in [0, 0.1) is 0 Å². The smallest absolute Gasteiger partial charge is 0.278 e. The molecule has 0 radical (unpaired) electrons. The van der Waals surface area contributed by atoms with Crippen LogP contribution in [0.1, 0.15) is 34.1 Å². The first-order valence-corrected chi connectivity index (χ1v) is 9.57. The van der Waals surface area contributed by atoms with Crippen molar-refractivity contribution in [2.75, 3.05) is 21.9 Å². The van der Waals surface area contributed by atoms with Gasteiger partial charge in [-0.15, -0.1) is 0 Å². The quantitative estimate of drug-likeness (QED) is 0.204. The number of carbonyl (C=O) groups is 2. The van der Waals surface area contributed by atoms with Gasteiger partial charge in [-0.2, -0.15) is 15.0 Å². The number of hydrazine groups is 2. The van der Waals surface area contributed by atoms with Gasteiger partial charge in [0.05, 0.1) is 11.1 Å². The molecule has 166 valence electrons. The Bertz CT molecular complexity index is 1060. The number of hydrogen-bond acceptors (Lipinski definition) is 10. The van der Waals surface area contributed by atoms with Crippen LogP contribution < -0.4 is 27.0 Å². The molecule has 0 saturated carbocycles. The number of carbonyl (C=O) groups excluding carboxylic acids is 2. The van der Waals surface area contributed by atoms with Crippen LogP contribution in [0.15, 0.2) is 48.5 Å². The van der Waals surface area contributed by atoms with E-state index in [1.165, 1.54) is 24.3 Å². The Balaban J connectivity index is 1.99. The van der Waals surface area contributed by atoms with E-state index in [2.05, 4.69) is 20.3 Å². The van der Waals surface area contributed by atoms with Gasteiger partial charge in [-0.3, -0.25) is 9.59 Å². The fraction of sp³-hybridized carbons (Fsp3) is 0.150. The molecule has 2 amide bonds. The molecular formula is C20H22N8O4. The second-order valence-corrected chi connectivity index (χ2v) is 6.57. The number of benzene rings is 2. The number of nitrogens with one attached hydrogen (secondary N) is 1. The van der Waals surface area contributed by atoms with E-state index in [1.807, 2.05) is 6.92 Å². The number of phenols is 2. The van der Waals surface area contributed by atoms with Crippen molar-refractivity contribution in [3.63, 3.8) is 0 Å². The molecule has 0 fully saturated rings. The Morgan fingerprint density at radius 3 is 1.69 bits per heavy atom. The highest BCUT2D eigenvalue weighted by atomic mass is 16.3. The molecule has 0 spiro atoms. The second-order valence-electron chi connectivity index (χ2n) is 6.57. The summed E-state index contributed by atoms with van der Waals surface area (Å²) in [7, 11) is 0. The third-order valence-corrected chi connectivity index (χ3v) is 4.28. The minimum atomic E-state index is -0.794. The summed E-state index contributed by atoms with van der Waals surface area (Å²) >= 11 is 0. The van der Waals surface area contributed by atoms with E-state index in [1.54, 1.807) is 24.3 Å². The standard InChI is InChI=1S/C20H22N8O4/c1-2-11-23-18-24-19(27(21)16(31)12-7-3-5-9-14(12)29)26-20(25-18)28(22)17(32)13-8-4-6-10-15(13)30/h3-10,29-30H,2,11,21-22H2,1H3,(H,23,24,25,26). The Morgan fingerprint density at radius 1 is 0.844 bits per heavy atom. The maximum Gasteiger partial charge on any atom is 0.278 e. The number of rotatable bonds is 7. The van der Waals surface area contributed by atoms with Crippen molar-refractivity contribution in [2.45, 2.75) is 13.3 Å². The monoisotopic (exact) mass is 438 g/mol. The summed E-state index contributed by atoms with van der Waals surface area (Å²) in [5.74, 6) is 9.10. The summed E-state index contributed by atoms with van der Waals surface area (Å²) in [5, 5.41) is 24.0. The molecule has 0 saturated heterocycles. The molecule has 0 unspecified atom stereocenters. The van der Waals surface area contributed by atoms with Gasteiger partial charge >= 0.3 is 0 Å². The average molecular weight is 438 g/mol. The van der Waals surface area contributed by atoms with E-state index in [-0.39, 0.29) is 40.5 Å². The zero-order valence-electron chi connectivity index (χ0n) is 17.1. The molecule has 7 N–H and O–H groups in total. The van der Waals surface area contributed by atoms with Crippen LogP contribution in [-0.4, -0.2) is 43.5 Å². The minimum absolute atomic E-state index is 0.0212. The lowest BCUT2D eigenvalue weighted by atomic mass is 10.2. The summed E-state index contributed by atoms with van der Waals surface area (Å²) in [5.41, 5.74) is -0.148. The molecule has 3 aromatic rings. The second kappa shape index (κ2) is 9.68. The molecule has 32 heavy (non-hydrogen) atoms. The topological polar surface area (TPSA) is 184 Å². The highest BCUT2D eigenvalue weighted by Crippen LogP contribution is 2.22. The van der Waals surface area contributed by atoms with E-state index >= 15 is 0 Å². The molecule has 1 heterocycles. The van der Waals surface area contributed by atoms with Gasteiger partial charge in [-0.1, -0.05) is 31.2 Å². The molecule has 0 bridgehead atoms. The van der Waals surface area contributed by atoms with Gasteiger partial charge in [0.25, 0.3) is 23.7 Å². The zero-order chi connectivity index (χ0) is 23.3. The number of phenolic OH excluding ortho intramolecular Hbond substituents is 2. The van der Waals surface area contributed by atoms with Crippen LogP contribution in [0.2, 0.25) is 0 Å². The van der Waals surface area contributed by atoms with Crippen molar-refractivity contribution in [1.82, 2.24) is 15.0 Å². The molecule has 2 aromatic carbocycles. The van der Waals surface area contributed by atoms with Crippen molar-refractivity contribution in [1.29, 1.82) is 0 Å². The van der Waals surface area contributed by atoms with Crippen LogP contribution in [-0.2, 0) is 0 Å². The highest BCUT2D eigenvalue weighted by Gasteiger charge is 2.25. The van der Waals surface area contributed by atoms with Gasteiger partial charge in [0.15, 0.2) is 0 Å². The summed E-state index contributed by atoms with van der Waals surface area (Å²) in [6.45, 7) is 2.41. The SMILES string of the molecule is CCCNc1nc(N(N)C(=O)c2ccccc2O)nc(N(N)C(=O)c2ccccc2O)n1. The van der Waals surface area contributed by atoms with Crippen LogP contribution in [0.25, 0.3) is 0 Å². The lowest BCUT2D eigenvalue weighted by molar-refractivity contribution is 0.0977. The van der Waals surface area contributed by atoms with Gasteiger partial charge in [-0.25, -0.2) is 21.7 Å². The first kappa shape index (κ1) is 22.4. The van der Waals surface area contributed by atoms with Gasteiger partial charge in [-0.05, 0) is 30.7 Å². The summed E-state index contributed by atoms with van der Waals surface area (Å²) in [6.07, 6.45) is 0.739. The average Bonchev–Trinajstić information content (AvgIpc) is 2.81. The maximum atomic E-state index is 12.7. The third-order valence-electron chi connectivity index (χ3n) is 4.28. The molecule has 0 atom stereocenters. The van der Waals surface area contributed by atoms with Crippen LogP contribution in [0.4, 0.5) is 17.8 Å². The Morgan fingerprint density at radius 2 is 1.28 bits per heavy atom. The fourth-order valence-electron chi connectivity index (χ4n) is 2.64. The lowest BCUT2D eigenvalue weighted by Gasteiger charge is -2.20. The number of aromatic nitrogens is 3. The molecule has 0 aliphatic carbocycles. The van der Waals surface area contributed by atoms with Crippen LogP contribution in [0.5, 0.6) is 11.5 Å². The molecule has 0 aliphatic rings. The van der Waals surface area contributed by atoms with E-state index in [4.69, 9.17) is 11.7 Å². The summed E-state index contributed by atoms with van der Waals surface area (Å²) < 4.78 is 0. The largest absolute Gasteiger partial charge is 0.507 e. The molecule has 0 aliphatic heterocycles. The van der Waals surface area contributed by atoms with Gasteiger partial charge in [0.1, 0.15) is 11.5 Å². The zero-order valence-corrected chi connectivity index (χ0v) is 17.1. The van der Waals surface area contributed by atoms with E-state index in [0.717, 1.165) is 6.42 Å². The predicted molar refractivity (Wildman–Crippen MR) is 117 cm³/mol. The number of amides is 2. The number of hydrogen-bond donors (Lipinski definition) is 5. The number of anilines is 3. The maximum absolute atomic E-state index is 12.7. The number of nitrogens with zero attached hydrogens (tertiary/aromatic N) is 5. The Labute approximate surface area is 183 Å². The van der Waals surface area contributed by atoms with Gasteiger partial charge in [0.2, 0.25) is 5.95 Å². The molecular weight excluding hydrogens is 416 g/mol. The molecule has 3 rings (SSSR count). The van der Waals surface area contributed by atoms with Crippen molar-refractivity contribution < 1.29 is 19.8 Å². The van der Waals surface area contributed by atoms with Crippen molar-refractivity contribution in [2.24, 2.45) is 11.7 Å². The van der Waals surface area contributed by atoms with Crippen LogP contribution in [0.3, 0.4) is 0 Å². The predicted octanol–water partition coefficient (Wildman–Crippen LogP) is 1.15. The number of aromatic hydroxyl groups is 2. The van der Waals surface area contributed by atoms with E-state index < -0.39 is 11.8 Å². The van der Waals surface area contributed by atoms with E-state index in [0.29, 0.717) is 16.6 Å². The number of nitrogens with two attached hydrogens (primary N) is 2. The Kier molecular flexibility index (Phi) is 6.77. The first-order valence-electron chi connectivity index (χ1n) is 9.57. The van der Waals surface area contributed by atoms with Crippen molar-refractivity contribution in [3.8, 4) is 11.5 Å². The molecule has 12 nitrogen and oxygen atoms in total. The summed E-state index contributed by atoms with van der Waals surface area (Å²) in [6, 6.07) is 11.7. The Hall–Kier alpha value is -4.29. The van der Waals surface area contributed by atoms with E-state index in [9.17, 15) is 19.8 Å². The fourth-order valence-corrected chi connectivity index (χ4v) is 2.64. The van der Waals surface area contributed by atoms with Gasteiger partial charge < -0.3 is 15.5 Å². The number of para-hydroxylation sites is 2. The van der Waals surface area contributed by atoms with Gasteiger partial charge in [0, 0.05) is 6.54 Å². The lowest BCUT2D eigenvalue weighted by Crippen LogP contribution is -2.42. The molecule has 12 heteroatoms. The first-order chi connectivity index (χ1) is 15.3. The third kappa shape index (κ3) is 4.71. The van der Waals surface area contributed by atoms with Crippen molar-refractivity contribution in [3.05, 3.63) is 59.7 Å². The summed E-state index contributed by atoms with van der Waals surface area (Å²) in [4.78, 5) is 37.7. The minimum Gasteiger partial charge on any atom is -0.507 e.